The number of piperidine rings is 1. The van der Waals surface area contributed by atoms with E-state index in [0.29, 0.717) is 16.6 Å². The van der Waals surface area contributed by atoms with Crippen LogP contribution in [0.5, 0.6) is 0 Å². The lowest BCUT2D eigenvalue weighted by molar-refractivity contribution is 0.0677. The lowest BCUT2D eigenvalue weighted by Gasteiger charge is -2.30. The Morgan fingerprint density at radius 2 is 2.29 bits per heavy atom. The molecule has 1 atom stereocenters. The minimum absolute atomic E-state index is 0.0299. The fourth-order valence-electron chi connectivity index (χ4n) is 2.77. The zero-order chi connectivity index (χ0) is 14.8. The molecule has 1 fully saturated rings. The average Bonchev–Trinajstić information content (AvgIpc) is 2.96. The number of carbonyl (C=O) groups is 1. The van der Waals surface area contributed by atoms with Gasteiger partial charge in [0.05, 0.1) is 5.69 Å². The first-order valence-corrected chi connectivity index (χ1v) is 7.62. The molecule has 3 rings (SSSR count). The first-order valence-electron chi connectivity index (χ1n) is 7.24. The number of hydrogen-bond acceptors (Lipinski definition) is 2. The second-order valence-corrected chi connectivity index (χ2v) is 6.11. The number of aromatic amines is 1. The summed E-state index contributed by atoms with van der Waals surface area (Å²) in [6.07, 6.45) is 2.27. The normalized spacial score (nSPS) is 18.8. The molecule has 1 aromatic heterocycles. The van der Waals surface area contributed by atoms with E-state index >= 15 is 0 Å². The van der Waals surface area contributed by atoms with Crippen molar-refractivity contribution in [2.24, 2.45) is 5.92 Å². The second kappa shape index (κ2) is 5.90. The molecule has 5 heteroatoms. The summed E-state index contributed by atoms with van der Waals surface area (Å²) in [6, 6.07) is 9.26. The maximum atomic E-state index is 12.5. The van der Waals surface area contributed by atoms with E-state index in [1.54, 1.807) is 6.07 Å². The van der Waals surface area contributed by atoms with E-state index in [2.05, 4.69) is 17.1 Å². The molecule has 1 N–H and O–H groups in total. The number of nitrogens with one attached hydrogen (secondary N) is 1. The first-order chi connectivity index (χ1) is 10.1. The Hall–Kier alpha value is -1.81. The highest BCUT2D eigenvalue weighted by molar-refractivity contribution is 6.30. The molecule has 0 unspecified atom stereocenters. The highest BCUT2D eigenvalue weighted by atomic mass is 35.5. The number of H-pyrrole nitrogens is 1. The zero-order valence-electron chi connectivity index (χ0n) is 12.0. The van der Waals surface area contributed by atoms with Crippen LogP contribution in [0.1, 0.15) is 30.3 Å². The van der Waals surface area contributed by atoms with Gasteiger partial charge in [-0.3, -0.25) is 9.89 Å². The molecule has 0 spiro atoms. The van der Waals surface area contributed by atoms with Crippen molar-refractivity contribution in [3.63, 3.8) is 0 Å². The van der Waals surface area contributed by atoms with Gasteiger partial charge in [0.2, 0.25) is 0 Å². The van der Waals surface area contributed by atoms with Crippen LogP contribution in [0.4, 0.5) is 0 Å². The molecule has 0 radical (unpaired) electrons. The number of rotatable bonds is 2. The van der Waals surface area contributed by atoms with Gasteiger partial charge in [-0.15, -0.1) is 0 Å². The van der Waals surface area contributed by atoms with Crippen molar-refractivity contribution in [3.05, 3.63) is 41.0 Å². The van der Waals surface area contributed by atoms with E-state index in [-0.39, 0.29) is 5.91 Å². The SMILES string of the molecule is C[C@@H]1CCCN(C(=O)c2cc(-c3cccc(Cl)c3)n[nH]2)C1. The molecule has 1 aliphatic rings. The van der Waals surface area contributed by atoms with Crippen molar-refractivity contribution in [1.82, 2.24) is 15.1 Å². The Balaban J connectivity index is 1.80. The molecule has 1 aromatic carbocycles. The lowest BCUT2D eigenvalue weighted by atomic mass is 10.00. The number of halogens is 1. The number of benzene rings is 1. The van der Waals surface area contributed by atoms with Crippen molar-refractivity contribution < 1.29 is 4.79 Å². The van der Waals surface area contributed by atoms with Crippen LogP contribution in [0.15, 0.2) is 30.3 Å². The van der Waals surface area contributed by atoms with E-state index in [9.17, 15) is 4.79 Å². The molecule has 110 valence electrons. The van der Waals surface area contributed by atoms with Crippen molar-refractivity contribution in [1.29, 1.82) is 0 Å². The summed E-state index contributed by atoms with van der Waals surface area (Å²) < 4.78 is 0. The quantitative estimate of drug-likeness (QED) is 0.921. The molecule has 2 aromatic rings. The summed E-state index contributed by atoms with van der Waals surface area (Å²) in [7, 11) is 0. The Bertz CT molecular complexity index is 652. The van der Waals surface area contributed by atoms with Crippen LogP contribution >= 0.6 is 11.6 Å². The van der Waals surface area contributed by atoms with Crippen molar-refractivity contribution in [2.75, 3.05) is 13.1 Å². The molecule has 2 heterocycles. The highest BCUT2D eigenvalue weighted by Crippen LogP contribution is 2.23. The second-order valence-electron chi connectivity index (χ2n) is 5.68. The first kappa shape index (κ1) is 14.1. The molecule has 0 aliphatic carbocycles. The van der Waals surface area contributed by atoms with Crippen LogP contribution in [0, 0.1) is 5.92 Å². The van der Waals surface area contributed by atoms with Crippen LogP contribution in [0.2, 0.25) is 5.02 Å². The topological polar surface area (TPSA) is 49.0 Å². The number of hydrogen-bond donors (Lipinski definition) is 1. The van der Waals surface area contributed by atoms with Gasteiger partial charge in [0.1, 0.15) is 5.69 Å². The zero-order valence-corrected chi connectivity index (χ0v) is 12.7. The van der Waals surface area contributed by atoms with Gasteiger partial charge >= 0.3 is 0 Å². The Morgan fingerprint density at radius 3 is 3.05 bits per heavy atom. The number of aromatic nitrogens is 2. The predicted molar refractivity (Wildman–Crippen MR) is 83.3 cm³/mol. The lowest BCUT2D eigenvalue weighted by Crippen LogP contribution is -2.39. The van der Waals surface area contributed by atoms with Gasteiger partial charge in [-0.2, -0.15) is 5.10 Å². The summed E-state index contributed by atoms with van der Waals surface area (Å²) in [6.45, 7) is 3.84. The fourth-order valence-corrected chi connectivity index (χ4v) is 2.96. The van der Waals surface area contributed by atoms with Crippen LogP contribution in [0.25, 0.3) is 11.3 Å². The van der Waals surface area contributed by atoms with Gasteiger partial charge in [0, 0.05) is 23.7 Å². The molecule has 1 saturated heterocycles. The van der Waals surface area contributed by atoms with E-state index < -0.39 is 0 Å². The minimum Gasteiger partial charge on any atom is -0.337 e. The van der Waals surface area contributed by atoms with Crippen LogP contribution < -0.4 is 0 Å². The maximum absolute atomic E-state index is 12.5. The van der Waals surface area contributed by atoms with E-state index in [0.717, 1.165) is 30.8 Å². The maximum Gasteiger partial charge on any atom is 0.271 e. The number of likely N-dealkylation sites (tertiary alicyclic amines) is 1. The monoisotopic (exact) mass is 303 g/mol. The number of amides is 1. The number of nitrogens with zero attached hydrogens (tertiary/aromatic N) is 2. The molecule has 4 nitrogen and oxygen atoms in total. The molecule has 1 amide bonds. The van der Waals surface area contributed by atoms with Crippen molar-refractivity contribution in [3.8, 4) is 11.3 Å². The van der Waals surface area contributed by atoms with Gasteiger partial charge < -0.3 is 4.90 Å². The molecule has 0 bridgehead atoms. The summed E-state index contributed by atoms with van der Waals surface area (Å²) >= 11 is 5.99. The average molecular weight is 304 g/mol. The van der Waals surface area contributed by atoms with Gasteiger partial charge in [0.15, 0.2) is 0 Å². The molecule has 21 heavy (non-hydrogen) atoms. The van der Waals surface area contributed by atoms with Crippen LogP contribution in [-0.4, -0.2) is 34.1 Å². The van der Waals surface area contributed by atoms with E-state index in [1.807, 2.05) is 29.2 Å². The number of carbonyl (C=O) groups excluding carboxylic acids is 1. The third-order valence-corrected chi connectivity index (χ3v) is 4.11. The van der Waals surface area contributed by atoms with Gasteiger partial charge in [-0.1, -0.05) is 30.7 Å². The summed E-state index contributed by atoms with van der Waals surface area (Å²) in [5.41, 5.74) is 2.19. The van der Waals surface area contributed by atoms with Crippen LogP contribution in [-0.2, 0) is 0 Å². The molecular formula is C16H18ClN3O. The minimum atomic E-state index is 0.0299. The largest absolute Gasteiger partial charge is 0.337 e. The fraction of sp³-hybridized carbons (Fsp3) is 0.375. The van der Waals surface area contributed by atoms with Gasteiger partial charge in [-0.25, -0.2) is 0 Å². The van der Waals surface area contributed by atoms with Gasteiger partial charge in [-0.05, 0) is 37.0 Å². The van der Waals surface area contributed by atoms with Gasteiger partial charge in [0.25, 0.3) is 5.91 Å². The van der Waals surface area contributed by atoms with Crippen LogP contribution in [0.3, 0.4) is 0 Å². The van der Waals surface area contributed by atoms with E-state index in [4.69, 9.17) is 11.6 Å². The highest BCUT2D eigenvalue weighted by Gasteiger charge is 2.23. The summed E-state index contributed by atoms with van der Waals surface area (Å²) in [4.78, 5) is 14.4. The molecule has 0 saturated carbocycles. The predicted octanol–water partition coefficient (Wildman–Crippen LogP) is 3.60. The van der Waals surface area contributed by atoms with E-state index in [1.165, 1.54) is 6.42 Å². The summed E-state index contributed by atoms with van der Waals surface area (Å²) in [5, 5.41) is 7.74. The Labute approximate surface area is 129 Å². The molecule has 1 aliphatic heterocycles. The third-order valence-electron chi connectivity index (χ3n) is 3.87. The summed E-state index contributed by atoms with van der Waals surface area (Å²) in [5.74, 6) is 0.598. The van der Waals surface area contributed by atoms with Crippen molar-refractivity contribution in [2.45, 2.75) is 19.8 Å². The Morgan fingerprint density at radius 1 is 1.43 bits per heavy atom. The smallest absolute Gasteiger partial charge is 0.271 e. The van der Waals surface area contributed by atoms with Crippen molar-refractivity contribution >= 4 is 17.5 Å². The standard InChI is InChI=1S/C16H18ClN3O/c1-11-4-3-7-20(10-11)16(21)15-9-14(18-19-15)12-5-2-6-13(17)8-12/h2,5-6,8-9,11H,3-4,7,10H2,1H3,(H,18,19)/t11-/m1/s1. The molecular weight excluding hydrogens is 286 g/mol. The third kappa shape index (κ3) is 3.10. The Kier molecular flexibility index (Phi) is 3.97.